The van der Waals surface area contributed by atoms with Crippen molar-refractivity contribution in [2.45, 2.75) is 25.8 Å². The molecule has 0 aliphatic carbocycles. The monoisotopic (exact) mass is 387 g/mol. The molecule has 2 aromatic carbocycles. The number of nitrogens with one attached hydrogen (secondary N) is 2. The van der Waals surface area contributed by atoms with Crippen LogP contribution >= 0.6 is 0 Å². The maximum atomic E-state index is 13.9. The first-order valence-corrected chi connectivity index (χ1v) is 8.73. The Hall–Kier alpha value is -3.29. The molecule has 2 aromatic rings. The number of urea groups is 1. The number of benzene rings is 2. The number of halogens is 2. The number of imide groups is 1. The van der Waals surface area contributed by atoms with Gasteiger partial charge < -0.3 is 10.6 Å². The quantitative estimate of drug-likeness (QED) is 0.774. The molecular formula is C20H19F2N3O3. The summed E-state index contributed by atoms with van der Waals surface area (Å²) in [7, 11) is 0. The summed E-state index contributed by atoms with van der Waals surface area (Å²) in [4.78, 5) is 38.4. The number of nitrogens with zero attached hydrogens (tertiary/aromatic N) is 1. The zero-order valence-electron chi connectivity index (χ0n) is 15.4. The average molecular weight is 387 g/mol. The third-order valence-electron chi connectivity index (χ3n) is 4.74. The van der Waals surface area contributed by atoms with Crippen molar-refractivity contribution in [3.05, 3.63) is 65.2 Å². The van der Waals surface area contributed by atoms with Gasteiger partial charge in [-0.15, -0.1) is 0 Å². The van der Waals surface area contributed by atoms with Crippen molar-refractivity contribution in [2.24, 2.45) is 0 Å². The highest BCUT2D eigenvalue weighted by Gasteiger charge is 2.51. The molecule has 8 heteroatoms. The van der Waals surface area contributed by atoms with Crippen LogP contribution in [0.5, 0.6) is 0 Å². The number of hydrogen-bond donors (Lipinski definition) is 2. The Bertz CT molecular complexity index is 946. The molecule has 1 aliphatic heterocycles. The number of carbonyl (C=O) groups is 3. The molecule has 1 heterocycles. The molecule has 0 aromatic heterocycles. The van der Waals surface area contributed by atoms with E-state index >= 15 is 0 Å². The van der Waals surface area contributed by atoms with E-state index in [-0.39, 0.29) is 12.1 Å². The molecule has 0 bridgehead atoms. The summed E-state index contributed by atoms with van der Waals surface area (Å²) in [5.74, 6) is -2.41. The van der Waals surface area contributed by atoms with Gasteiger partial charge in [-0.2, -0.15) is 0 Å². The molecule has 28 heavy (non-hydrogen) atoms. The zero-order valence-corrected chi connectivity index (χ0v) is 15.4. The molecule has 1 aliphatic rings. The molecule has 0 spiro atoms. The fraction of sp³-hybridized carbons (Fsp3) is 0.250. The van der Waals surface area contributed by atoms with Crippen LogP contribution in [0.15, 0.2) is 42.5 Å². The molecule has 1 unspecified atom stereocenters. The standard InChI is InChI=1S/C20H19F2N3O3/c1-3-20(13-5-7-14(21)8-6-13)18(27)25(19(28)24-20)11-17(26)23-16-9-4-12(2)10-15(16)22/h4-10H,3,11H2,1-2H3,(H,23,26)(H,24,28). The van der Waals surface area contributed by atoms with Crippen LogP contribution < -0.4 is 10.6 Å². The molecule has 0 saturated carbocycles. The number of carbonyl (C=O) groups excluding carboxylic acids is 3. The van der Waals surface area contributed by atoms with Crippen molar-refractivity contribution >= 4 is 23.5 Å². The number of rotatable bonds is 5. The summed E-state index contributed by atoms with van der Waals surface area (Å²) in [6.45, 7) is 2.84. The minimum atomic E-state index is -1.37. The lowest BCUT2D eigenvalue weighted by Gasteiger charge is -2.25. The molecule has 3 rings (SSSR count). The maximum Gasteiger partial charge on any atom is 0.325 e. The van der Waals surface area contributed by atoms with Crippen molar-refractivity contribution < 1.29 is 23.2 Å². The van der Waals surface area contributed by atoms with Crippen LogP contribution in [-0.2, 0) is 15.1 Å². The lowest BCUT2D eigenvalue weighted by molar-refractivity contribution is -0.134. The third kappa shape index (κ3) is 3.45. The number of aryl methyl sites for hydroxylation is 1. The Morgan fingerprint density at radius 1 is 1.14 bits per heavy atom. The summed E-state index contributed by atoms with van der Waals surface area (Å²) in [5.41, 5.74) is -0.304. The third-order valence-corrected chi connectivity index (χ3v) is 4.74. The van der Waals surface area contributed by atoms with Gasteiger partial charge in [0, 0.05) is 0 Å². The largest absolute Gasteiger partial charge is 0.325 e. The van der Waals surface area contributed by atoms with E-state index < -0.39 is 41.6 Å². The van der Waals surface area contributed by atoms with Gasteiger partial charge >= 0.3 is 6.03 Å². The van der Waals surface area contributed by atoms with E-state index in [0.29, 0.717) is 11.1 Å². The van der Waals surface area contributed by atoms with Crippen molar-refractivity contribution in [1.29, 1.82) is 0 Å². The first-order chi connectivity index (χ1) is 13.3. The van der Waals surface area contributed by atoms with Gasteiger partial charge in [-0.3, -0.25) is 14.5 Å². The molecule has 1 atom stereocenters. The molecular weight excluding hydrogens is 368 g/mol. The SMILES string of the molecule is CCC1(c2ccc(F)cc2)NC(=O)N(CC(=O)Nc2ccc(C)cc2F)C1=O. The second-order valence-corrected chi connectivity index (χ2v) is 6.62. The fourth-order valence-electron chi connectivity index (χ4n) is 3.20. The minimum absolute atomic E-state index is 0.0389. The molecule has 146 valence electrons. The molecule has 1 saturated heterocycles. The van der Waals surface area contributed by atoms with Crippen molar-refractivity contribution in [1.82, 2.24) is 10.2 Å². The Balaban J connectivity index is 1.79. The highest BCUT2D eigenvalue weighted by Crippen LogP contribution is 2.32. The van der Waals surface area contributed by atoms with Crippen LogP contribution in [0.3, 0.4) is 0 Å². The number of anilines is 1. The highest BCUT2D eigenvalue weighted by atomic mass is 19.1. The van der Waals surface area contributed by atoms with E-state index in [2.05, 4.69) is 10.6 Å². The molecule has 4 amide bonds. The highest BCUT2D eigenvalue weighted by molar-refractivity contribution is 6.10. The predicted molar refractivity (Wildman–Crippen MR) is 98.4 cm³/mol. The first-order valence-electron chi connectivity index (χ1n) is 8.73. The van der Waals surface area contributed by atoms with Crippen LogP contribution in [0.25, 0.3) is 0 Å². The second-order valence-electron chi connectivity index (χ2n) is 6.62. The summed E-state index contributed by atoms with van der Waals surface area (Å²) < 4.78 is 27.1. The minimum Gasteiger partial charge on any atom is -0.322 e. The zero-order chi connectivity index (χ0) is 20.5. The van der Waals surface area contributed by atoms with E-state index in [1.807, 2.05) is 0 Å². The van der Waals surface area contributed by atoms with Crippen LogP contribution in [0, 0.1) is 18.6 Å². The van der Waals surface area contributed by atoms with Gasteiger partial charge in [0.2, 0.25) is 5.91 Å². The van der Waals surface area contributed by atoms with E-state index in [0.717, 1.165) is 4.90 Å². The number of hydrogen-bond acceptors (Lipinski definition) is 3. The lowest BCUT2D eigenvalue weighted by Crippen LogP contribution is -2.44. The van der Waals surface area contributed by atoms with Gasteiger partial charge in [-0.1, -0.05) is 25.1 Å². The Kier molecular flexibility index (Phi) is 5.13. The first kappa shape index (κ1) is 19.5. The topological polar surface area (TPSA) is 78.5 Å². The van der Waals surface area contributed by atoms with Gasteiger partial charge in [0.1, 0.15) is 23.7 Å². The average Bonchev–Trinajstić information content (AvgIpc) is 2.90. The summed E-state index contributed by atoms with van der Waals surface area (Å²) in [5, 5.41) is 4.96. The van der Waals surface area contributed by atoms with E-state index in [4.69, 9.17) is 0 Å². The second kappa shape index (κ2) is 7.38. The Morgan fingerprint density at radius 2 is 1.82 bits per heavy atom. The molecule has 6 nitrogen and oxygen atoms in total. The molecule has 1 fully saturated rings. The van der Waals surface area contributed by atoms with E-state index in [1.54, 1.807) is 19.9 Å². The van der Waals surface area contributed by atoms with Crippen molar-refractivity contribution in [3.63, 3.8) is 0 Å². The molecule has 0 radical (unpaired) electrons. The summed E-state index contributed by atoms with van der Waals surface area (Å²) in [6, 6.07) is 8.79. The van der Waals surface area contributed by atoms with Crippen LogP contribution in [0.2, 0.25) is 0 Å². The van der Waals surface area contributed by atoms with Gasteiger partial charge in [0.15, 0.2) is 0 Å². The van der Waals surface area contributed by atoms with Gasteiger partial charge in [-0.05, 0) is 48.7 Å². The Morgan fingerprint density at radius 3 is 2.43 bits per heavy atom. The van der Waals surface area contributed by atoms with Gasteiger partial charge in [0.05, 0.1) is 5.69 Å². The molecule has 2 N–H and O–H groups in total. The fourth-order valence-corrected chi connectivity index (χ4v) is 3.20. The van der Waals surface area contributed by atoms with E-state index in [9.17, 15) is 23.2 Å². The summed E-state index contributed by atoms with van der Waals surface area (Å²) in [6.07, 6.45) is 0.216. The normalized spacial score (nSPS) is 18.9. The van der Waals surface area contributed by atoms with Crippen LogP contribution in [-0.4, -0.2) is 29.3 Å². The van der Waals surface area contributed by atoms with Crippen molar-refractivity contribution in [3.8, 4) is 0 Å². The Labute approximate surface area is 160 Å². The van der Waals surface area contributed by atoms with Gasteiger partial charge in [0.25, 0.3) is 5.91 Å². The number of amides is 4. The van der Waals surface area contributed by atoms with Crippen LogP contribution in [0.1, 0.15) is 24.5 Å². The summed E-state index contributed by atoms with van der Waals surface area (Å²) >= 11 is 0. The predicted octanol–water partition coefficient (Wildman–Crippen LogP) is 3.07. The van der Waals surface area contributed by atoms with E-state index in [1.165, 1.54) is 36.4 Å². The lowest BCUT2D eigenvalue weighted by atomic mass is 9.87. The van der Waals surface area contributed by atoms with Crippen molar-refractivity contribution in [2.75, 3.05) is 11.9 Å². The van der Waals surface area contributed by atoms with Gasteiger partial charge in [-0.25, -0.2) is 13.6 Å². The maximum absolute atomic E-state index is 13.9. The smallest absolute Gasteiger partial charge is 0.322 e. The van der Waals surface area contributed by atoms with Crippen LogP contribution in [0.4, 0.5) is 19.3 Å².